The molecule has 5 heteroatoms. The van der Waals surface area contributed by atoms with E-state index in [1.165, 1.54) is 0 Å². The molecule has 5 nitrogen and oxygen atoms in total. The van der Waals surface area contributed by atoms with Crippen LogP contribution in [0.25, 0.3) is 10.8 Å². The van der Waals surface area contributed by atoms with Gasteiger partial charge in [-0.3, -0.25) is 0 Å². The lowest BCUT2D eigenvalue weighted by Crippen LogP contribution is -2.28. The monoisotopic (exact) mass is 299 g/mol. The van der Waals surface area contributed by atoms with Crippen molar-refractivity contribution >= 4 is 22.8 Å². The molecule has 114 valence electrons. The standard InChI is InChI=1S/C17H17NO4/c1-2-16(19)21-12-6-11-18-17(20)22-15-10-5-8-13-7-3-4-9-14(13)15/h2-5,7-10H,1,6,11-12H2,(H,18,20). The highest BCUT2D eigenvalue weighted by atomic mass is 16.6. The van der Waals surface area contributed by atoms with Crippen LogP contribution in [0.4, 0.5) is 4.79 Å². The lowest BCUT2D eigenvalue weighted by atomic mass is 10.1. The van der Waals surface area contributed by atoms with Crippen molar-refractivity contribution in [2.75, 3.05) is 13.2 Å². The first kappa shape index (κ1) is 15.6. The van der Waals surface area contributed by atoms with Gasteiger partial charge in [-0.1, -0.05) is 43.0 Å². The molecule has 0 saturated carbocycles. The van der Waals surface area contributed by atoms with Crippen LogP contribution in [0, 0.1) is 0 Å². The lowest BCUT2D eigenvalue weighted by molar-refractivity contribution is -0.137. The second-order valence-corrected chi connectivity index (χ2v) is 4.52. The number of esters is 1. The van der Waals surface area contributed by atoms with Crippen molar-refractivity contribution in [3.63, 3.8) is 0 Å². The van der Waals surface area contributed by atoms with Gasteiger partial charge in [0.2, 0.25) is 0 Å². The molecule has 0 saturated heterocycles. The van der Waals surface area contributed by atoms with Crippen LogP contribution in [0.1, 0.15) is 6.42 Å². The van der Waals surface area contributed by atoms with E-state index in [0.29, 0.717) is 18.7 Å². The minimum atomic E-state index is -0.536. The highest BCUT2D eigenvalue weighted by Gasteiger charge is 2.07. The lowest BCUT2D eigenvalue weighted by Gasteiger charge is -2.09. The summed E-state index contributed by atoms with van der Waals surface area (Å²) in [5.41, 5.74) is 0. The average molecular weight is 299 g/mol. The smallest absolute Gasteiger partial charge is 0.412 e. The van der Waals surface area contributed by atoms with Crippen molar-refractivity contribution in [2.24, 2.45) is 0 Å². The molecule has 1 N–H and O–H groups in total. The van der Waals surface area contributed by atoms with E-state index < -0.39 is 12.1 Å². The summed E-state index contributed by atoms with van der Waals surface area (Å²) in [6, 6.07) is 13.2. The number of benzene rings is 2. The number of hydrogen-bond acceptors (Lipinski definition) is 4. The molecule has 0 aliphatic heterocycles. The van der Waals surface area contributed by atoms with Crippen molar-refractivity contribution in [2.45, 2.75) is 6.42 Å². The number of carbonyl (C=O) groups excluding carboxylic acids is 2. The minimum Gasteiger partial charge on any atom is -0.462 e. The molecule has 2 aromatic rings. The first-order valence-electron chi connectivity index (χ1n) is 6.93. The van der Waals surface area contributed by atoms with E-state index in [4.69, 9.17) is 9.47 Å². The van der Waals surface area contributed by atoms with Crippen molar-refractivity contribution in [3.8, 4) is 5.75 Å². The molecule has 0 atom stereocenters. The van der Waals surface area contributed by atoms with Gasteiger partial charge in [0.25, 0.3) is 0 Å². The average Bonchev–Trinajstić information content (AvgIpc) is 2.54. The zero-order valence-corrected chi connectivity index (χ0v) is 12.1. The second kappa shape index (κ2) is 7.83. The Balaban J connectivity index is 1.81. The number of fused-ring (bicyclic) bond motifs is 1. The molecule has 0 heterocycles. The van der Waals surface area contributed by atoms with Crippen LogP contribution < -0.4 is 10.1 Å². The number of carbonyl (C=O) groups is 2. The Morgan fingerprint density at radius 3 is 2.73 bits per heavy atom. The van der Waals surface area contributed by atoms with Crippen LogP contribution in [0.15, 0.2) is 55.1 Å². The van der Waals surface area contributed by atoms with E-state index in [0.717, 1.165) is 16.8 Å². The van der Waals surface area contributed by atoms with E-state index in [-0.39, 0.29) is 6.61 Å². The molecule has 0 fully saturated rings. The van der Waals surface area contributed by atoms with Gasteiger partial charge in [-0.25, -0.2) is 9.59 Å². The second-order valence-electron chi connectivity index (χ2n) is 4.52. The predicted molar refractivity (Wildman–Crippen MR) is 83.7 cm³/mol. The topological polar surface area (TPSA) is 64.6 Å². The van der Waals surface area contributed by atoms with Gasteiger partial charge in [0.05, 0.1) is 6.61 Å². The van der Waals surface area contributed by atoms with Crippen molar-refractivity contribution < 1.29 is 19.1 Å². The fourth-order valence-electron chi connectivity index (χ4n) is 1.91. The van der Waals surface area contributed by atoms with Gasteiger partial charge in [-0.2, -0.15) is 0 Å². The first-order valence-corrected chi connectivity index (χ1v) is 6.93. The zero-order chi connectivity index (χ0) is 15.8. The summed E-state index contributed by atoms with van der Waals surface area (Å²) in [4.78, 5) is 22.6. The van der Waals surface area contributed by atoms with Crippen LogP contribution in [0.2, 0.25) is 0 Å². The van der Waals surface area contributed by atoms with Crippen molar-refractivity contribution in [1.82, 2.24) is 5.32 Å². The molecule has 0 aliphatic rings. The molecule has 0 aromatic heterocycles. The summed E-state index contributed by atoms with van der Waals surface area (Å²) < 4.78 is 10.1. The third-order valence-corrected chi connectivity index (χ3v) is 2.95. The van der Waals surface area contributed by atoms with Gasteiger partial charge in [-0.15, -0.1) is 0 Å². The highest BCUT2D eigenvalue weighted by molar-refractivity contribution is 5.90. The molecule has 0 aliphatic carbocycles. The maximum Gasteiger partial charge on any atom is 0.412 e. The zero-order valence-electron chi connectivity index (χ0n) is 12.1. The number of amides is 1. The molecule has 0 spiro atoms. The van der Waals surface area contributed by atoms with Crippen LogP contribution in [-0.2, 0) is 9.53 Å². The molecule has 0 bridgehead atoms. The van der Waals surface area contributed by atoms with Gasteiger partial charge in [0.1, 0.15) is 5.75 Å². The Kier molecular flexibility index (Phi) is 5.54. The van der Waals surface area contributed by atoms with E-state index in [1.807, 2.05) is 36.4 Å². The van der Waals surface area contributed by atoms with E-state index in [1.54, 1.807) is 6.07 Å². The first-order chi connectivity index (χ1) is 10.7. The molecule has 1 amide bonds. The third-order valence-electron chi connectivity index (χ3n) is 2.95. The van der Waals surface area contributed by atoms with Gasteiger partial charge in [0.15, 0.2) is 0 Å². The van der Waals surface area contributed by atoms with Gasteiger partial charge >= 0.3 is 12.1 Å². The van der Waals surface area contributed by atoms with Gasteiger partial charge < -0.3 is 14.8 Å². The summed E-state index contributed by atoms with van der Waals surface area (Å²) in [5, 5.41) is 4.49. The van der Waals surface area contributed by atoms with Crippen molar-refractivity contribution in [3.05, 3.63) is 55.1 Å². The summed E-state index contributed by atoms with van der Waals surface area (Å²) in [5.74, 6) is 0.0343. The maximum atomic E-state index is 11.8. The molecular weight excluding hydrogens is 282 g/mol. The van der Waals surface area contributed by atoms with E-state index in [9.17, 15) is 9.59 Å². The molecule has 22 heavy (non-hydrogen) atoms. The summed E-state index contributed by atoms with van der Waals surface area (Å²) >= 11 is 0. The largest absolute Gasteiger partial charge is 0.462 e. The Hall–Kier alpha value is -2.82. The summed E-state index contributed by atoms with van der Waals surface area (Å²) in [6.07, 6.45) is 1.07. The molecule has 2 rings (SSSR count). The molecule has 2 aromatic carbocycles. The van der Waals surface area contributed by atoms with Crippen LogP contribution >= 0.6 is 0 Å². The quantitative estimate of drug-likeness (QED) is 0.506. The van der Waals surface area contributed by atoms with Crippen molar-refractivity contribution in [1.29, 1.82) is 0 Å². The fraction of sp³-hybridized carbons (Fsp3) is 0.176. The van der Waals surface area contributed by atoms with E-state index in [2.05, 4.69) is 11.9 Å². The molecule has 0 radical (unpaired) electrons. The van der Waals surface area contributed by atoms with Crippen LogP contribution in [-0.4, -0.2) is 25.2 Å². The Morgan fingerprint density at radius 2 is 1.91 bits per heavy atom. The van der Waals surface area contributed by atoms with Crippen LogP contribution in [0.3, 0.4) is 0 Å². The highest BCUT2D eigenvalue weighted by Crippen LogP contribution is 2.25. The van der Waals surface area contributed by atoms with Crippen LogP contribution in [0.5, 0.6) is 5.75 Å². The number of nitrogens with one attached hydrogen (secondary N) is 1. The summed E-state index contributed by atoms with van der Waals surface area (Å²) in [6.45, 7) is 3.87. The molecule has 0 unspecified atom stereocenters. The van der Waals surface area contributed by atoms with Gasteiger partial charge in [-0.05, 0) is 17.9 Å². The Morgan fingerprint density at radius 1 is 1.14 bits per heavy atom. The fourth-order valence-corrected chi connectivity index (χ4v) is 1.91. The summed E-state index contributed by atoms with van der Waals surface area (Å²) in [7, 11) is 0. The SMILES string of the molecule is C=CC(=O)OCCCNC(=O)Oc1cccc2ccccc12. The van der Waals surface area contributed by atoms with Gasteiger partial charge in [0, 0.05) is 18.0 Å². The predicted octanol–water partition coefficient (Wildman–Crippen LogP) is 3.05. The third kappa shape index (κ3) is 4.34. The Bertz CT molecular complexity index is 676. The number of ether oxygens (including phenoxy) is 2. The minimum absolute atomic E-state index is 0.222. The number of hydrogen-bond donors (Lipinski definition) is 1. The maximum absolute atomic E-state index is 11.8. The van der Waals surface area contributed by atoms with E-state index >= 15 is 0 Å². The molecular formula is C17H17NO4. The Labute approximate surface area is 128 Å². The normalized spacial score (nSPS) is 10.0. The number of rotatable bonds is 6.